The largest absolute Gasteiger partial charge is 0.426 e. The molecule has 0 saturated carbocycles. The normalized spacial score (nSPS) is 16.0. The maximum atomic E-state index is 12.5. The van der Waals surface area contributed by atoms with Crippen molar-refractivity contribution in [2.24, 2.45) is 0 Å². The number of ether oxygens (including phenoxy) is 2. The van der Waals surface area contributed by atoms with E-state index in [1.165, 1.54) is 6.92 Å². The van der Waals surface area contributed by atoms with Crippen molar-refractivity contribution in [2.75, 3.05) is 0 Å². The van der Waals surface area contributed by atoms with Gasteiger partial charge >= 0.3 is 11.9 Å². The molecule has 0 radical (unpaired) electrons. The molecule has 2 aromatic carbocycles. The number of aryl methyl sites for hydroxylation is 3. The third-order valence-electron chi connectivity index (χ3n) is 3.93. The molecule has 1 aliphatic heterocycles. The Morgan fingerprint density at radius 2 is 1.74 bits per heavy atom. The molecule has 2 aromatic rings. The van der Waals surface area contributed by atoms with Crippen molar-refractivity contribution in [1.82, 2.24) is 0 Å². The lowest BCUT2D eigenvalue weighted by Crippen LogP contribution is -2.14. The highest BCUT2D eigenvalue weighted by Crippen LogP contribution is 2.44. The first-order valence-corrected chi connectivity index (χ1v) is 7.48. The molecule has 4 nitrogen and oxygen atoms in total. The Morgan fingerprint density at radius 1 is 1.04 bits per heavy atom. The molecule has 0 saturated heterocycles. The number of hydrogen-bond acceptors (Lipinski definition) is 4. The molecule has 1 atom stereocenters. The lowest BCUT2D eigenvalue weighted by Gasteiger charge is -2.14. The highest BCUT2D eigenvalue weighted by atomic mass is 16.5. The van der Waals surface area contributed by atoms with E-state index in [0.29, 0.717) is 17.1 Å². The van der Waals surface area contributed by atoms with Gasteiger partial charge in [0.2, 0.25) is 0 Å². The topological polar surface area (TPSA) is 52.6 Å². The summed E-state index contributed by atoms with van der Waals surface area (Å²) in [6.45, 7) is 7.18. The van der Waals surface area contributed by atoms with Gasteiger partial charge in [0.25, 0.3) is 0 Å². The van der Waals surface area contributed by atoms with Gasteiger partial charge in [-0.05, 0) is 32.4 Å². The minimum Gasteiger partial charge on any atom is -0.426 e. The van der Waals surface area contributed by atoms with Crippen molar-refractivity contribution in [3.8, 4) is 11.5 Å². The highest BCUT2D eigenvalue weighted by molar-refractivity contribution is 5.91. The average Bonchev–Trinajstić information content (AvgIpc) is 2.77. The van der Waals surface area contributed by atoms with E-state index >= 15 is 0 Å². The van der Waals surface area contributed by atoms with Gasteiger partial charge in [0.15, 0.2) is 0 Å². The van der Waals surface area contributed by atoms with Crippen LogP contribution in [0, 0.1) is 20.8 Å². The van der Waals surface area contributed by atoms with E-state index in [9.17, 15) is 9.59 Å². The standard InChI is InChI=1S/C19H18O4/c1-10-5-6-16(22-13(4)20)14(8-10)17-15-9-11(2)7-12(3)18(15)23-19(17)21/h5-9,17H,1-4H3. The molecule has 0 amide bonds. The van der Waals surface area contributed by atoms with Gasteiger partial charge in [-0.25, -0.2) is 0 Å². The fourth-order valence-corrected chi connectivity index (χ4v) is 3.06. The summed E-state index contributed by atoms with van der Waals surface area (Å²) in [6.07, 6.45) is 0. The van der Waals surface area contributed by atoms with Crippen LogP contribution in [0.5, 0.6) is 11.5 Å². The van der Waals surface area contributed by atoms with E-state index in [2.05, 4.69) is 0 Å². The van der Waals surface area contributed by atoms with Crippen molar-refractivity contribution in [2.45, 2.75) is 33.6 Å². The van der Waals surface area contributed by atoms with Crippen LogP contribution in [0.3, 0.4) is 0 Å². The highest BCUT2D eigenvalue weighted by Gasteiger charge is 2.37. The number of hydrogen-bond donors (Lipinski definition) is 0. The van der Waals surface area contributed by atoms with Gasteiger partial charge in [0.05, 0.1) is 0 Å². The second-order valence-electron chi connectivity index (χ2n) is 5.99. The van der Waals surface area contributed by atoms with Crippen molar-refractivity contribution in [3.63, 3.8) is 0 Å². The smallest absolute Gasteiger partial charge is 0.323 e. The molecular weight excluding hydrogens is 292 g/mol. The molecular formula is C19H18O4. The number of rotatable bonds is 2. The van der Waals surface area contributed by atoms with Gasteiger partial charge in [-0.15, -0.1) is 0 Å². The predicted molar refractivity (Wildman–Crippen MR) is 85.9 cm³/mol. The van der Waals surface area contributed by atoms with E-state index in [4.69, 9.17) is 9.47 Å². The molecule has 0 bridgehead atoms. The molecule has 118 valence electrons. The molecule has 0 spiro atoms. The Hall–Kier alpha value is -2.62. The molecule has 23 heavy (non-hydrogen) atoms. The quantitative estimate of drug-likeness (QED) is 0.628. The van der Waals surface area contributed by atoms with E-state index in [1.54, 1.807) is 6.07 Å². The van der Waals surface area contributed by atoms with Crippen LogP contribution >= 0.6 is 0 Å². The minimum atomic E-state index is -0.571. The van der Waals surface area contributed by atoms with Crippen LogP contribution in [-0.2, 0) is 9.59 Å². The van der Waals surface area contributed by atoms with E-state index in [1.807, 2.05) is 45.0 Å². The summed E-state index contributed by atoms with van der Waals surface area (Å²) >= 11 is 0. The van der Waals surface area contributed by atoms with Crippen LogP contribution in [0.25, 0.3) is 0 Å². The van der Waals surface area contributed by atoms with Crippen LogP contribution in [0.15, 0.2) is 30.3 Å². The maximum absolute atomic E-state index is 12.5. The van der Waals surface area contributed by atoms with Crippen molar-refractivity contribution in [1.29, 1.82) is 0 Å². The SMILES string of the molecule is CC(=O)Oc1ccc(C)cc1C1C(=O)Oc2c(C)cc(C)cc21. The first-order chi connectivity index (χ1) is 10.9. The second-order valence-corrected chi connectivity index (χ2v) is 5.99. The van der Waals surface area contributed by atoms with Crippen LogP contribution in [0.4, 0.5) is 0 Å². The number of benzene rings is 2. The van der Waals surface area contributed by atoms with Gasteiger partial charge in [0, 0.05) is 18.1 Å². The summed E-state index contributed by atoms with van der Waals surface area (Å²) in [5, 5.41) is 0. The number of esters is 2. The van der Waals surface area contributed by atoms with Crippen molar-refractivity contribution >= 4 is 11.9 Å². The molecule has 1 aliphatic rings. The van der Waals surface area contributed by atoms with Crippen LogP contribution < -0.4 is 9.47 Å². The minimum absolute atomic E-state index is 0.340. The first-order valence-electron chi connectivity index (χ1n) is 7.48. The molecule has 3 rings (SSSR count). The summed E-state index contributed by atoms with van der Waals surface area (Å²) in [7, 11) is 0. The van der Waals surface area contributed by atoms with Crippen molar-refractivity contribution in [3.05, 3.63) is 58.1 Å². The van der Waals surface area contributed by atoms with Gasteiger partial charge in [-0.2, -0.15) is 0 Å². The Morgan fingerprint density at radius 3 is 2.43 bits per heavy atom. The second kappa shape index (κ2) is 5.54. The Bertz CT molecular complexity index is 820. The van der Waals surface area contributed by atoms with E-state index in [-0.39, 0.29) is 5.97 Å². The van der Waals surface area contributed by atoms with Gasteiger partial charge < -0.3 is 9.47 Å². The molecule has 0 N–H and O–H groups in total. The molecule has 0 fully saturated rings. The zero-order chi connectivity index (χ0) is 16.7. The summed E-state index contributed by atoms with van der Waals surface area (Å²) in [4.78, 5) is 23.8. The number of fused-ring (bicyclic) bond motifs is 1. The summed E-state index contributed by atoms with van der Waals surface area (Å²) < 4.78 is 10.8. The van der Waals surface area contributed by atoms with Gasteiger partial charge in [0.1, 0.15) is 17.4 Å². The zero-order valence-electron chi connectivity index (χ0n) is 13.6. The molecule has 4 heteroatoms. The average molecular weight is 310 g/mol. The maximum Gasteiger partial charge on any atom is 0.323 e. The Balaban J connectivity index is 2.19. The number of carbonyl (C=O) groups is 2. The molecule has 0 aromatic heterocycles. The summed E-state index contributed by atoms with van der Waals surface area (Å²) in [6, 6.07) is 9.39. The van der Waals surface area contributed by atoms with Gasteiger partial charge in [-0.1, -0.05) is 35.4 Å². The lowest BCUT2D eigenvalue weighted by molar-refractivity contribution is -0.134. The molecule has 1 heterocycles. The Labute approximate surface area is 135 Å². The van der Waals surface area contributed by atoms with Crippen LogP contribution in [0.2, 0.25) is 0 Å². The molecule has 0 aliphatic carbocycles. The predicted octanol–water partition coefficient (Wildman–Crippen LogP) is 3.59. The fourth-order valence-electron chi connectivity index (χ4n) is 3.06. The lowest BCUT2D eigenvalue weighted by atomic mass is 9.89. The fraction of sp³-hybridized carbons (Fsp3) is 0.263. The van der Waals surface area contributed by atoms with Crippen molar-refractivity contribution < 1.29 is 19.1 Å². The zero-order valence-corrected chi connectivity index (χ0v) is 13.6. The van der Waals surface area contributed by atoms with Gasteiger partial charge in [-0.3, -0.25) is 9.59 Å². The Kier molecular flexibility index (Phi) is 3.68. The summed E-state index contributed by atoms with van der Waals surface area (Å²) in [5.41, 5.74) is 4.46. The third kappa shape index (κ3) is 2.72. The van der Waals surface area contributed by atoms with Crippen LogP contribution in [-0.4, -0.2) is 11.9 Å². The monoisotopic (exact) mass is 310 g/mol. The molecule has 1 unspecified atom stereocenters. The number of carbonyl (C=O) groups excluding carboxylic acids is 2. The third-order valence-corrected chi connectivity index (χ3v) is 3.93. The summed E-state index contributed by atoms with van der Waals surface area (Å²) in [5.74, 6) is -0.314. The van der Waals surface area contributed by atoms with Crippen LogP contribution in [0.1, 0.15) is 40.7 Å². The van der Waals surface area contributed by atoms with E-state index in [0.717, 1.165) is 22.3 Å². The first kappa shape index (κ1) is 15.3. The van der Waals surface area contributed by atoms with E-state index < -0.39 is 11.9 Å².